The first-order valence-corrected chi connectivity index (χ1v) is 7.65. The molecule has 0 radical (unpaired) electrons. The first-order valence-electron chi connectivity index (χ1n) is 7.65. The molecule has 2 rings (SSSR count). The monoisotopic (exact) mass is 307 g/mol. The van der Waals surface area contributed by atoms with E-state index in [4.69, 9.17) is 0 Å². The van der Waals surface area contributed by atoms with Crippen molar-refractivity contribution in [3.8, 4) is 0 Å². The third-order valence-electron chi connectivity index (χ3n) is 4.49. The standard InChI is InChI=1S/C16H25N3O3/c1-15(2,3)13(11-9-17-19(4)10-11)18-12(20)8-16(14(21)22)6-5-7-16/h9-10,13H,5-8H2,1-4H3,(H,18,20)(H,21,22). The Morgan fingerprint density at radius 1 is 1.45 bits per heavy atom. The molecule has 1 heterocycles. The summed E-state index contributed by atoms with van der Waals surface area (Å²) in [5.41, 5.74) is -0.114. The first kappa shape index (κ1) is 16.5. The topological polar surface area (TPSA) is 84.2 Å². The van der Waals surface area contributed by atoms with Gasteiger partial charge in [-0.05, 0) is 18.3 Å². The van der Waals surface area contributed by atoms with Gasteiger partial charge in [-0.25, -0.2) is 0 Å². The molecule has 1 aromatic rings. The smallest absolute Gasteiger partial charge is 0.310 e. The summed E-state index contributed by atoms with van der Waals surface area (Å²) in [6.07, 6.45) is 5.73. The number of nitrogens with one attached hydrogen (secondary N) is 1. The van der Waals surface area contributed by atoms with Crippen LogP contribution in [0.3, 0.4) is 0 Å². The molecule has 0 aromatic carbocycles. The van der Waals surface area contributed by atoms with Crippen LogP contribution in [0.4, 0.5) is 0 Å². The predicted molar refractivity (Wildman–Crippen MR) is 82.1 cm³/mol. The highest BCUT2D eigenvalue weighted by atomic mass is 16.4. The zero-order valence-electron chi connectivity index (χ0n) is 13.7. The van der Waals surface area contributed by atoms with Gasteiger partial charge in [0.05, 0.1) is 17.7 Å². The molecule has 0 bridgehead atoms. The number of carbonyl (C=O) groups is 2. The Hall–Kier alpha value is -1.85. The molecular formula is C16H25N3O3. The quantitative estimate of drug-likeness (QED) is 0.874. The molecule has 2 N–H and O–H groups in total. The van der Waals surface area contributed by atoms with Crippen LogP contribution in [0.25, 0.3) is 0 Å². The number of carboxylic acid groups (broad SMARTS) is 1. The minimum absolute atomic E-state index is 0.0508. The maximum atomic E-state index is 12.4. The number of hydrogen-bond donors (Lipinski definition) is 2. The van der Waals surface area contributed by atoms with Crippen LogP contribution in [-0.2, 0) is 16.6 Å². The average molecular weight is 307 g/mol. The molecule has 0 aliphatic heterocycles. The van der Waals surface area contributed by atoms with Crippen LogP contribution < -0.4 is 5.32 Å². The maximum absolute atomic E-state index is 12.4. The van der Waals surface area contributed by atoms with Crippen LogP contribution >= 0.6 is 0 Å². The number of carbonyl (C=O) groups excluding carboxylic acids is 1. The minimum atomic E-state index is -0.860. The molecule has 6 nitrogen and oxygen atoms in total. The molecule has 1 amide bonds. The SMILES string of the molecule is Cn1cc(C(NC(=O)CC2(C(=O)O)CCC2)C(C)(C)C)cn1. The summed E-state index contributed by atoms with van der Waals surface area (Å²) in [5.74, 6) is -1.06. The molecule has 22 heavy (non-hydrogen) atoms. The first-order chi connectivity index (χ1) is 10.1. The highest BCUT2D eigenvalue weighted by Crippen LogP contribution is 2.44. The van der Waals surface area contributed by atoms with E-state index in [1.807, 2.05) is 34.0 Å². The lowest BCUT2D eigenvalue weighted by molar-refractivity contribution is -0.157. The summed E-state index contributed by atoms with van der Waals surface area (Å²) < 4.78 is 1.70. The van der Waals surface area contributed by atoms with Gasteiger partial charge in [-0.15, -0.1) is 0 Å². The van der Waals surface area contributed by atoms with Gasteiger partial charge in [0.25, 0.3) is 0 Å². The van der Waals surface area contributed by atoms with Crippen LogP contribution in [0.1, 0.15) is 58.1 Å². The van der Waals surface area contributed by atoms with E-state index >= 15 is 0 Å². The van der Waals surface area contributed by atoms with E-state index in [1.54, 1.807) is 10.9 Å². The van der Waals surface area contributed by atoms with Gasteiger partial charge in [0.1, 0.15) is 0 Å². The number of carboxylic acids is 1. The van der Waals surface area contributed by atoms with Crippen LogP contribution in [0.2, 0.25) is 0 Å². The van der Waals surface area contributed by atoms with Crippen LogP contribution in [0.15, 0.2) is 12.4 Å². The number of aryl methyl sites for hydroxylation is 1. The molecule has 1 atom stereocenters. The van der Waals surface area contributed by atoms with E-state index in [9.17, 15) is 14.7 Å². The Balaban J connectivity index is 2.11. The van der Waals surface area contributed by atoms with E-state index in [0.717, 1.165) is 12.0 Å². The fourth-order valence-electron chi connectivity index (χ4n) is 2.98. The Kier molecular flexibility index (Phi) is 4.31. The van der Waals surface area contributed by atoms with Crippen molar-refractivity contribution in [2.75, 3.05) is 0 Å². The van der Waals surface area contributed by atoms with Crippen molar-refractivity contribution in [1.82, 2.24) is 15.1 Å². The molecular weight excluding hydrogens is 282 g/mol. The lowest BCUT2D eigenvalue weighted by atomic mass is 9.66. The van der Waals surface area contributed by atoms with Crippen LogP contribution in [-0.4, -0.2) is 26.8 Å². The largest absolute Gasteiger partial charge is 0.481 e. The summed E-state index contributed by atoms with van der Waals surface area (Å²) >= 11 is 0. The molecule has 1 aromatic heterocycles. The molecule has 1 unspecified atom stereocenters. The average Bonchev–Trinajstić information content (AvgIpc) is 2.75. The molecule has 1 aliphatic carbocycles. The van der Waals surface area contributed by atoms with Gasteiger partial charge in [-0.2, -0.15) is 5.10 Å². The van der Waals surface area contributed by atoms with Crippen molar-refractivity contribution < 1.29 is 14.7 Å². The lowest BCUT2D eigenvalue weighted by Gasteiger charge is -2.38. The number of amides is 1. The van der Waals surface area contributed by atoms with Crippen molar-refractivity contribution in [2.24, 2.45) is 17.9 Å². The van der Waals surface area contributed by atoms with E-state index < -0.39 is 11.4 Å². The molecule has 122 valence electrons. The van der Waals surface area contributed by atoms with Gasteiger partial charge in [0.2, 0.25) is 5.91 Å². The van der Waals surface area contributed by atoms with Crippen molar-refractivity contribution in [2.45, 2.75) is 52.5 Å². The summed E-state index contributed by atoms with van der Waals surface area (Å²) in [6.45, 7) is 6.13. The highest BCUT2D eigenvalue weighted by molar-refractivity contribution is 5.85. The van der Waals surface area contributed by atoms with Gasteiger partial charge >= 0.3 is 5.97 Å². The van der Waals surface area contributed by atoms with Crippen LogP contribution in [0, 0.1) is 10.8 Å². The Bertz CT molecular complexity index is 567. The predicted octanol–water partition coefficient (Wildman–Crippen LogP) is 2.27. The van der Waals surface area contributed by atoms with Gasteiger partial charge in [-0.3, -0.25) is 14.3 Å². The third-order valence-corrected chi connectivity index (χ3v) is 4.49. The van der Waals surface area contributed by atoms with Gasteiger partial charge in [0, 0.05) is 25.2 Å². The van der Waals surface area contributed by atoms with Crippen molar-refractivity contribution in [3.63, 3.8) is 0 Å². The van der Waals surface area contributed by atoms with Crippen LogP contribution in [0.5, 0.6) is 0 Å². The van der Waals surface area contributed by atoms with Gasteiger partial charge in [0.15, 0.2) is 0 Å². The van der Waals surface area contributed by atoms with Gasteiger partial charge < -0.3 is 10.4 Å². The highest BCUT2D eigenvalue weighted by Gasteiger charge is 2.46. The Morgan fingerprint density at radius 3 is 2.45 bits per heavy atom. The number of rotatable bonds is 5. The fraction of sp³-hybridized carbons (Fsp3) is 0.688. The van der Waals surface area contributed by atoms with Crippen molar-refractivity contribution in [3.05, 3.63) is 18.0 Å². The summed E-state index contributed by atoms with van der Waals surface area (Å²) in [7, 11) is 1.83. The number of hydrogen-bond acceptors (Lipinski definition) is 3. The maximum Gasteiger partial charge on any atom is 0.310 e. The molecule has 0 saturated heterocycles. The fourth-order valence-corrected chi connectivity index (χ4v) is 2.98. The summed E-state index contributed by atoms with van der Waals surface area (Å²) in [4.78, 5) is 23.8. The van der Waals surface area contributed by atoms with E-state index in [0.29, 0.717) is 12.8 Å². The normalized spacial score (nSPS) is 18.4. The Morgan fingerprint density at radius 2 is 2.09 bits per heavy atom. The minimum Gasteiger partial charge on any atom is -0.481 e. The second-order valence-electron chi connectivity index (χ2n) is 7.43. The molecule has 1 fully saturated rings. The molecule has 6 heteroatoms. The summed E-state index contributed by atoms with van der Waals surface area (Å²) in [5, 5.41) is 16.5. The third kappa shape index (κ3) is 3.31. The molecule has 1 aliphatic rings. The zero-order chi connectivity index (χ0) is 16.5. The van der Waals surface area contributed by atoms with E-state index in [2.05, 4.69) is 10.4 Å². The van der Waals surface area contributed by atoms with Gasteiger partial charge in [-0.1, -0.05) is 27.2 Å². The van der Waals surface area contributed by atoms with Crippen molar-refractivity contribution >= 4 is 11.9 Å². The number of aromatic nitrogens is 2. The zero-order valence-corrected chi connectivity index (χ0v) is 13.7. The van der Waals surface area contributed by atoms with Crippen molar-refractivity contribution in [1.29, 1.82) is 0 Å². The van der Waals surface area contributed by atoms with E-state index in [1.165, 1.54) is 0 Å². The summed E-state index contributed by atoms with van der Waals surface area (Å²) in [6, 6.07) is -0.195. The molecule has 1 saturated carbocycles. The Labute approximate surface area is 130 Å². The molecule has 0 spiro atoms. The second-order valence-corrected chi connectivity index (χ2v) is 7.43. The lowest BCUT2D eigenvalue weighted by Crippen LogP contribution is -2.44. The number of aliphatic carboxylic acids is 1. The van der Waals surface area contributed by atoms with E-state index in [-0.39, 0.29) is 23.8 Å². The number of nitrogens with zero attached hydrogens (tertiary/aromatic N) is 2. The second kappa shape index (κ2) is 5.74.